The summed E-state index contributed by atoms with van der Waals surface area (Å²) >= 11 is 7.64. The average Bonchev–Trinajstić information content (AvgIpc) is 2.74. The highest BCUT2D eigenvalue weighted by Gasteiger charge is 2.25. The quantitative estimate of drug-likeness (QED) is 0.487. The summed E-state index contributed by atoms with van der Waals surface area (Å²) in [4.78, 5) is 27.1. The molecule has 0 bridgehead atoms. The predicted octanol–water partition coefficient (Wildman–Crippen LogP) is 5.05. The summed E-state index contributed by atoms with van der Waals surface area (Å²) in [5, 5.41) is 3.56. The Morgan fingerprint density at radius 3 is 2.53 bits per heavy atom. The normalized spacial score (nSPS) is 11.7. The van der Waals surface area contributed by atoms with Crippen LogP contribution in [0, 0.1) is 5.82 Å². The van der Waals surface area contributed by atoms with Gasteiger partial charge in [0.25, 0.3) is 0 Å². The molecular weight excluding hydrogens is 423 g/mol. The van der Waals surface area contributed by atoms with Gasteiger partial charge in [0, 0.05) is 23.9 Å². The van der Waals surface area contributed by atoms with E-state index in [9.17, 15) is 14.0 Å². The number of unbranched alkanes of at least 4 members (excludes halogenated alkanes) is 1. The number of benzene rings is 2. The predicted molar refractivity (Wildman–Crippen MR) is 122 cm³/mol. The third-order valence-electron chi connectivity index (χ3n) is 4.70. The second-order valence-electron chi connectivity index (χ2n) is 7.05. The van der Waals surface area contributed by atoms with Gasteiger partial charge in [-0.3, -0.25) is 9.59 Å². The van der Waals surface area contributed by atoms with Gasteiger partial charge in [0.15, 0.2) is 0 Å². The molecule has 0 saturated carbocycles. The van der Waals surface area contributed by atoms with E-state index < -0.39 is 6.04 Å². The summed E-state index contributed by atoms with van der Waals surface area (Å²) in [6.45, 7) is 4.60. The first-order valence-electron chi connectivity index (χ1n) is 10.0. The van der Waals surface area contributed by atoms with Gasteiger partial charge in [-0.1, -0.05) is 55.3 Å². The van der Waals surface area contributed by atoms with E-state index in [1.54, 1.807) is 24.0 Å². The molecule has 0 unspecified atom stereocenters. The molecule has 0 saturated heterocycles. The zero-order chi connectivity index (χ0) is 21.9. The maximum atomic E-state index is 13.2. The minimum atomic E-state index is -0.625. The minimum Gasteiger partial charge on any atom is -0.354 e. The maximum Gasteiger partial charge on any atom is 0.242 e. The summed E-state index contributed by atoms with van der Waals surface area (Å²) in [6.07, 6.45) is 1.86. The van der Waals surface area contributed by atoms with E-state index in [-0.39, 0.29) is 29.9 Å². The Kier molecular flexibility index (Phi) is 10.2. The Labute approximate surface area is 187 Å². The molecule has 0 heterocycles. The first kappa shape index (κ1) is 24.2. The van der Waals surface area contributed by atoms with E-state index in [1.807, 2.05) is 24.3 Å². The van der Waals surface area contributed by atoms with Crippen molar-refractivity contribution in [1.82, 2.24) is 10.2 Å². The van der Waals surface area contributed by atoms with Crippen molar-refractivity contribution in [2.75, 3.05) is 12.3 Å². The molecule has 1 N–H and O–H groups in total. The number of nitrogens with zero attached hydrogens (tertiary/aromatic N) is 1. The molecule has 0 spiro atoms. The number of halogens is 2. The largest absolute Gasteiger partial charge is 0.354 e. The Morgan fingerprint density at radius 1 is 1.17 bits per heavy atom. The third-order valence-corrected chi connectivity index (χ3v) is 6.04. The van der Waals surface area contributed by atoms with Gasteiger partial charge in [-0.25, -0.2) is 4.39 Å². The number of hydrogen-bond donors (Lipinski definition) is 1. The molecule has 0 aliphatic carbocycles. The molecule has 0 fully saturated rings. The molecule has 0 aliphatic heterocycles. The Balaban J connectivity index is 2.04. The van der Waals surface area contributed by atoms with Crippen LogP contribution in [0.2, 0.25) is 5.02 Å². The van der Waals surface area contributed by atoms with Gasteiger partial charge >= 0.3 is 0 Å². The fraction of sp³-hybridized carbons (Fsp3) is 0.391. The molecule has 0 aromatic heterocycles. The second-order valence-corrected chi connectivity index (χ2v) is 8.45. The fourth-order valence-corrected chi connectivity index (χ4v) is 4.05. The van der Waals surface area contributed by atoms with Gasteiger partial charge in [-0.05, 0) is 42.7 Å². The van der Waals surface area contributed by atoms with Crippen LogP contribution in [0.1, 0.15) is 37.8 Å². The summed E-state index contributed by atoms with van der Waals surface area (Å²) in [6, 6.07) is 12.9. The monoisotopic (exact) mass is 450 g/mol. The van der Waals surface area contributed by atoms with Crippen LogP contribution in [-0.4, -0.2) is 35.1 Å². The maximum absolute atomic E-state index is 13.2. The minimum absolute atomic E-state index is 0.144. The van der Waals surface area contributed by atoms with Crippen LogP contribution >= 0.6 is 23.4 Å². The smallest absolute Gasteiger partial charge is 0.242 e. The second kappa shape index (κ2) is 12.6. The van der Waals surface area contributed by atoms with Crippen molar-refractivity contribution in [2.24, 2.45) is 0 Å². The molecule has 2 rings (SSSR count). The van der Waals surface area contributed by atoms with Crippen LogP contribution in [0.25, 0.3) is 0 Å². The number of nitrogens with one attached hydrogen (secondary N) is 1. The highest BCUT2D eigenvalue weighted by atomic mass is 35.5. The molecule has 30 heavy (non-hydrogen) atoms. The lowest BCUT2D eigenvalue weighted by Crippen LogP contribution is -2.48. The molecule has 2 aromatic rings. The number of thioether (sulfide) groups is 1. The van der Waals surface area contributed by atoms with Crippen LogP contribution < -0.4 is 5.32 Å². The first-order valence-corrected chi connectivity index (χ1v) is 11.6. The number of hydrogen-bond acceptors (Lipinski definition) is 3. The Morgan fingerprint density at radius 2 is 1.87 bits per heavy atom. The van der Waals surface area contributed by atoms with Crippen molar-refractivity contribution in [2.45, 2.75) is 45.0 Å². The zero-order valence-corrected chi connectivity index (χ0v) is 18.9. The number of carbonyl (C=O) groups is 2. The van der Waals surface area contributed by atoms with Gasteiger partial charge in [0.2, 0.25) is 11.8 Å². The molecule has 1 atom stereocenters. The first-order chi connectivity index (χ1) is 14.4. The standard InChI is InChI=1S/C23H28ClFN2O2S/c1-3-4-13-26-23(29)17(2)27(14-18-9-11-20(25)12-10-18)22(28)16-30-15-19-7-5-6-8-21(19)24/h5-12,17H,3-4,13-16H2,1-2H3,(H,26,29)/t17-/m1/s1. The van der Waals surface area contributed by atoms with Crippen LogP contribution in [-0.2, 0) is 21.9 Å². The lowest BCUT2D eigenvalue weighted by Gasteiger charge is -2.29. The number of rotatable bonds is 11. The summed E-state index contributed by atoms with van der Waals surface area (Å²) in [5.74, 6) is 0.160. The highest BCUT2D eigenvalue weighted by Crippen LogP contribution is 2.21. The van der Waals surface area contributed by atoms with Gasteiger partial charge in [-0.15, -0.1) is 11.8 Å². The van der Waals surface area contributed by atoms with Crippen molar-refractivity contribution < 1.29 is 14.0 Å². The summed E-state index contributed by atoms with van der Waals surface area (Å²) in [7, 11) is 0. The van der Waals surface area contributed by atoms with Gasteiger partial charge in [-0.2, -0.15) is 0 Å². The van der Waals surface area contributed by atoms with Crippen molar-refractivity contribution in [3.8, 4) is 0 Å². The Hall–Kier alpha value is -2.05. The van der Waals surface area contributed by atoms with Crippen LogP contribution in [0.3, 0.4) is 0 Å². The zero-order valence-electron chi connectivity index (χ0n) is 17.4. The lowest BCUT2D eigenvalue weighted by molar-refractivity contribution is -0.138. The Bertz CT molecular complexity index is 832. The van der Waals surface area contributed by atoms with E-state index >= 15 is 0 Å². The van der Waals surface area contributed by atoms with Gasteiger partial charge < -0.3 is 10.2 Å². The van der Waals surface area contributed by atoms with E-state index in [1.165, 1.54) is 23.9 Å². The van der Waals surface area contributed by atoms with E-state index in [0.717, 1.165) is 24.0 Å². The van der Waals surface area contributed by atoms with Crippen molar-refractivity contribution in [3.05, 3.63) is 70.5 Å². The fourth-order valence-electron chi connectivity index (χ4n) is 2.85. The summed E-state index contributed by atoms with van der Waals surface area (Å²) in [5.41, 5.74) is 1.74. The number of carbonyl (C=O) groups excluding carboxylic acids is 2. The van der Waals surface area contributed by atoms with Crippen LogP contribution in [0.15, 0.2) is 48.5 Å². The van der Waals surface area contributed by atoms with Crippen LogP contribution in [0.4, 0.5) is 4.39 Å². The molecule has 2 amide bonds. The molecule has 4 nitrogen and oxygen atoms in total. The SMILES string of the molecule is CCCCNC(=O)[C@@H](C)N(Cc1ccc(F)cc1)C(=O)CSCc1ccccc1Cl. The van der Waals surface area contributed by atoms with E-state index in [4.69, 9.17) is 11.6 Å². The average molecular weight is 451 g/mol. The van der Waals surface area contributed by atoms with Crippen molar-refractivity contribution >= 4 is 35.2 Å². The topological polar surface area (TPSA) is 49.4 Å². The molecule has 0 aliphatic rings. The van der Waals surface area contributed by atoms with Crippen molar-refractivity contribution in [3.63, 3.8) is 0 Å². The third kappa shape index (κ3) is 7.65. The molecule has 2 aromatic carbocycles. The van der Waals surface area contributed by atoms with Gasteiger partial charge in [0.05, 0.1) is 5.75 Å². The highest BCUT2D eigenvalue weighted by molar-refractivity contribution is 7.99. The molecule has 7 heteroatoms. The molecule has 0 radical (unpaired) electrons. The lowest BCUT2D eigenvalue weighted by atomic mass is 10.1. The molecule has 162 valence electrons. The number of amides is 2. The summed E-state index contributed by atoms with van der Waals surface area (Å²) < 4.78 is 13.2. The van der Waals surface area contributed by atoms with Gasteiger partial charge in [0.1, 0.15) is 11.9 Å². The van der Waals surface area contributed by atoms with E-state index in [0.29, 0.717) is 17.3 Å². The molecular formula is C23H28ClFN2O2S. The van der Waals surface area contributed by atoms with Crippen molar-refractivity contribution in [1.29, 1.82) is 0 Å². The van der Waals surface area contributed by atoms with E-state index in [2.05, 4.69) is 12.2 Å². The van der Waals surface area contributed by atoms with Crippen LogP contribution in [0.5, 0.6) is 0 Å².